The number of benzene rings is 5. The molecule has 0 amide bonds. The normalized spacial score (nSPS) is 18.2. The topological polar surface area (TPSA) is 64.5 Å². The summed E-state index contributed by atoms with van der Waals surface area (Å²) in [5.74, 6) is 2.86. The predicted molar refractivity (Wildman–Crippen MR) is 236 cm³/mol. The lowest BCUT2D eigenvalue weighted by Crippen LogP contribution is -2.51. The zero-order valence-electron chi connectivity index (χ0n) is 34.0. The van der Waals surface area contributed by atoms with Crippen LogP contribution < -0.4 is 19.6 Å². The van der Waals surface area contributed by atoms with Crippen LogP contribution in [-0.2, 0) is 18.0 Å². The number of rotatable bonds is 8. The quantitative estimate of drug-likeness (QED) is 0.141. The summed E-state index contributed by atoms with van der Waals surface area (Å²) in [5.41, 5.74) is 6.69. The number of para-hydroxylation sites is 3. The van der Waals surface area contributed by atoms with Crippen molar-refractivity contribution in [1.82, 2.24) is 19.9 Å². The zero-order chi connectivity index (χ0) is 41.9. The van der Waals surface area contributed by atoms with Crippen LogP contribution in [0.4, 0.5) is 59.2 Å². The number of aromatic nitrogens is 4. The van der Waals surface area contributed by atoms with E-state index in [1.165, 1.54) is 17.2 Å². The molecule has 5 heterocycles. The minimum atomic E-state index is -4.54. The van der Waals surface area contributed by atoms with E-state index in [1.807, 2.05) is 66.7 Å². The molecule has 0 saturated heterocycles. The van der Waals surface area contributed by atoms with Crippen molar-refractivity contribution in [2.24, 2.45) is 0 Å². The fourth-order valence-electron chi connectivity index (χ4n) is 9.92. The lowest BCUT2D eigenvalue weighted by molar-refractivity contribution is -0.137. The van der Waals surface area contributed by atoms with Crippen LogP contribution in [0.15, 0.2) is 164 Å². The first-order valence-electron chi connectivity index (χ1n) is 20.7. The second-order valence-corrected chi connectivity index (χ2v) is 15.6. The van der Waals surface area contributed by atoms with Crippen LogP contribution in [-0.4, -0.2) is 32.3 Å². The number of alkyl halides is 3. The Labute approximate surface area is 353 Å². The Balaban J connectivity index is 1.19. The van der Waals surface area contributed by atoms with Crippen molar-refractivity contribution in [3.8, 4) is 11.1 Å². The number of allylic oxidation sites excluding steroid dienone is 1. The van der Waals surface area contributed by atoms with Gasteiger partial charge in [0.1, 0.15) is 12.3 Å². The largest absolute Gasteiger partial charge is 0.417 e. The minimum Gasteiger partial charge on any atom is -0.302 e. The maximum Gasteiger partial charge on any atom is 0.417 e. The van der Waals surface area contributed by atoms with Gasteiger partial charge in [-0.3, -0.25) is 9.80 Å². The molecule has 0 aliphatic carbocycles. The molecular formula is C50H43F3N8. The summed E-state index contributed by atoms with van der Waals surface area (Å²) in [6.07, 6.45) is 6.21. The molecule has 2 unspecified atom stereocenters. The average Bonchev–Trinajstić information content (AvgIpc) is 3.80. The van der Waals surface area contributed by atoms with Crippen molar-refractivity contribution in [3.63, 3.8) is 0 Å². The van der Waals surface area contributed by atoms with Gasteiger partial charge < -0.3 is 9.80 Å². The molecule has 3 aliphatic rings. The summed E-state index contributed by atoms with van der Waals surface area (Å²) in [5, 5.41) is 0. The van der Waals surface area contributed by atoms with Gasteiger partial charge in [0.15, 0.2) is 23.3 Å². The summed E-state index contributed by atoms with van der Waals surface area (Å²) in [6.45, 7) is 6.60. The van der Waals surface area contributed by atoms with Gasteiger partial charge in [-0.2, -0.15) is 13.2 Å². The van der Waals surface area contributed by atoms with Gasteiger partial charge in [0.25, 0.3) is 0 Å². The van der Waals surface area contributed by atoms with Crippen LogP contribution in [0.1, 0.15) is 50.3 Å². The van der Waals surface area contributed by atoms with Gasteiger partial charge in [0, 0.05) is 53.0 Å². The Morgan fingerprint density at radius 2 is 1.13 bits per heavy atom. The van der Waals surface area contributed by atoms with E-state index in [9.17, 15) is 13.2 Å². The van der Waals surface area contributed by atoms with Crippen molar-refractivity contribution in [2.45, 2.75) is 64.0 Å². The summed E-state index contributed by atoms with van der Waals surface area (Å²) < 4.78 is 43.8. The fraction of sp³-hybridized carbons (Fsp3) is 0.200. The third-order valence-electron chi connectivity index (χ3n) is 12.7. The standard InChI is InChI=1S/C50H43F3N8/c1-4-49(5-2)40-22-14-15-23-42(40)61-47-46(56-30-31-57-47)60(37-18-10-7-11-19-37)48(61)41(49)27-26-34-24-25-35(38-20-12-13-21-39(38)50(51,52)53)32-43(34)59-33(3)58(36-16-8-6-9-17-36)44-45(59)55-29-28-54-44/h6-25,27-33,48H,4-5,26H2,1-3H3/b41-27+. The molecule has 0 radical (unpaired) electrons. The Bertz CT molecular complexity index is 2770. The SMILES string of the molecule is CCC1(CC)/C(=C/Cc2ccc(-c3ccccc3C(F)(F)F)cc2N2c3nccnc3N(c3ccccc3)C2C)C2N(c3ccccc3)c3nccnc3N2c2ccccc21. The highest BCUT2D eigenvalue weighted by atomic mass is 19.4. The highest BCUT2D eigenvalue weighted by Crippen LogP contribution is 2.58. The predicted octanol–water partition coefficient (Wildman–Crippen LogP) is 12.4. The van der Waals surface area contributed by atoms with E-state index < -0.39 is 11.7 Å². The highest BCUT2D eigenvalue weighted by Gasteiger charge is 2.53. The van der Waals surface area contributed by atoms with Crippen LogP contribution in [0.25, 0.3) is 11.1 Å². The summed E-state index contributed by atoms with van der Waals surface area (Å²) in [7, 11) is 0. The summed E-state index contributed by atoms with van der Waals surface area (Å²) >= 11 is 0. The summed E-state index contributed by atoms with van der Waals surface area (Å²) in [6, 6.07) is 40.4. The van der Waals surface area contributed by atoms with Gasteiger partial charge in [-0.05, 0) is 96.5 Å². The van der Waals surface area contributed by atoms with Gasteiger partial charge in [-0.15, -0.1) is 0 Å². The minimum absolute atomic E-state index is 0.116. The lowest BCUT2D eigenvalue weighted by Gasteiger charge is -2.49. The van der Waals surface area contributed by atoms with Gasteiger partial charge in [-0.1, -0.05) is 105 Å². The second-order valence-electron chi connectivity index (χ2n) is 15.6. The van der Waals surface area contributed by atoms with E-state index in [4.69, 9.17) is 19.9 Å². The molecule has 0 N–H and O–H groups in total. The molecular weight excluding hydrogens is 770 g/mol. The van der Waals surface area contributed by atoms with Crippen molar-refractivity contribution in [3.05, 3.63) is 181 Å². The zero-order valence-corrected chi connectivity index (χ0v) is 34.0. The van der Waals surface area contributed by atoms with Gasteiger partial charge in [0.2, 0.25) is 0 Å². The van der Waals surface area contributed by atoms with Crippen LogP contribution in [0.3, 0.4) is 0 Å². The maximum absolute atomic E-state index is 14.6. The Kier molecular flexibility index (Phi) is 9.34. The van der Waals surface area contributed by atoms with Crippen LogP contribution in [0.5, 0.6) is 0 Å². The van der Waals surface area contributed by atoms with Crippen molar-refractivity contribution >= 4 is 46.0 Å². The highest BCUT2D eigenvalue weighted by molar-refractivity contribution is 5.89. The molecule has 0 bridgehead atoms. The first-order valence-corrected chi connectivity index (χ1v) is 20.7. The third-order valence-corrected chi connectivity index (χ3v) is 12.7. The Morgan fingerprint density at radius 1 is 0.590 bits per heavy atom. The van der Waals surface area contributed by atoms with Crippen molar-refractivity contribution in [2.75, 3.05) is 19.6 Å². The van der Waals surface area contributed by atoms with Crippen molar-refractivity contribution in [1.29, 1.82) is 0 Å². The molecule has 5 aromatic carbocycles. The molecule has 7 aromatic rings. The molecule has 2 atom stereocenters. The molecule has 304 valence electrons. The van der Waals surface area contributed by atoms with E-state index in [-0.39, 0.29) is 23.3 Å². The van der Waals surface area contributed by atoms with Crippen LogP contribution >= 0.6 is 0 Å². The van der Waals surface area contributed by atoms with E-state index in [0.717, 1.165) is 58.9 Å². The number of hydrogen-bond donors (Lipinski definition) is 0. The number of anilines is 8. The van der Waals surface area contributed by atoms with Gasteiger partial charge in [0.05, 0.1) is 5.56 Å². The molecule has 10 rings (SSSR count). The van der Waals surface area contributed by atoms with E-state index in [1.54, 1.807) is 36.9 Å². The van der Waals surface area contributed by atoms with E-state index in [0.29, 0.717) is 23.6 Å². The van der Waals surface area contributed by atoms with Crippen LogP contribution in [0.2, 0.25) is 0 Å². The lowest BCUT2D eigenvalue weighted by atomic mass is 9.65. The first-order chi connectivity index (χ1) is 29.7. The third kappa shape index (κ3) is 6.04. The van der Waals surface area contributed by atoms with Crippen molar-refractivity contribution < 1.29 is 13.2 Å². The monoisotopic (exact) mass is 812 g/mol. The fourth-order valence-corrected chi connectivity index (χ4v) is 9.92. The number of nitrogens with zero attached hydrogens (tertiary/aromatic N) is 8. The number of hydrogen-bond acceptors (Lipinski definition) is 8. The summed E-state index contributed by atoms with van der Waals surface area (Å²) in [4.78, 5) is 28.5. The molecule has 11 heteroatoms. The number of fused-ring (bicyclic) bond motifs is 6. The second kappa shape index (κ2) is 14.9. The number of halogens is 3. The maximum atomic E-state index is 14.6. The van der Waals surface area contributed by atoms with Crippen LogP contribution in [0, 0.1) is 0 Å². The smallest absolute Gasteiger partial charge is 0.302 e. The van der Waals surface area contributed by atoms with Gasteiger partial charge >= 0.3 is 6.18 Å². The molecule has 0 saturated carbocycles. The molecule has 0 spiro atoms. The van der Waals surface area contributed by atoms with E-state index in [2.05, 4.69) is 82.8 Å². The molecule has 0 fully saturated rings. The average molecular weight is 813 g/mol. The van der Waals surface area contributed by atoms with Gasteiger partial charge in [-0.25, -0.2) is 19.9 Å². The molecule has 61 heavy (non-hydrogen) atoms. The molecule has 2 aromatic heterocycles. The Hall–Kier alpha value is -7.01. The van der Waals surface area contributed by atoms with E-state index >= 15 is 0 Å². The Morgan fingerprint density at radius 3 is 1.77 bits per heavy atom. The molecule has 3 aliphatic heterocycles. The molecule has 8 nitrogen and oxygen atoms in total. The first kappa shape index (κ1) is 38.2.